The van der Waals surface area contributed by atoms with Crippen molar-refractivity contribution in [2.24, 2.45) is 5.92 Å². The van der Waals surface area contributed by atoms with E-state index in [1.165, 1.54) is 24.3 Å². The molecular formula is C47H57F7N5O7PS. The van der Waals surface area contributed by atoms with E-state index in [0.29, 0.717) is 43.3 Å². The number of nitrogens with zero attached hydrogens (tertiary/aromatic N) is 3. The first-order valence-corrected chi connectivity index (χ1v) is 25.8. The summed E-state index contributed by atoms with van der Waals surface area (Å²) in [6.07, 6.45) is -4.53. The lowest BCUT2D eigenvalue weighted by molar-refractivity contribution is -0.207. The van der Waals surface area contributed by atoms with E-state index in [0.717, 1.165) is 43.1 Å². The van der Waals surface area contributed by atoms with Crippen LogP contribution in [0.5, 0.6) is 0 Å². The topological polar surface area (TPSA) is 138 Å². The highest BCUT2D eigenvalue weighted by Crippen LogP contribution is 2.59. The van der Waals surface area contributed by atoms with Gasteiger partial charge in [-0.25, -0.2) is 9.48 Å². The molecule has 0 radical (unpaired) electrons. The van der Waals surface area contributed by atoms with Crippen LogP contribution in [0.2, 0.25) is 0 Å². The van der Waals surface area contributed by atoms with Crippen LogP contribution < -0.4 is 10.4 Å². The number of halogens is 7. The van der Waals surface area contributed by atoms with Crippen molar-refractivity contribution >= 4 is 52.6 Å². The molecule has 0 bridgehead atoms. The fourth-order valence-corrected chi connectivity index (χ4v) is 13.4. The number of benzene rings is 2. The average molecular weight is 1000 g/mol. The summed E-state index contributed by atoms with van der Waals surface area (Å²) in [5.74, 6) is -6.14. The summed E-state index contributed by atoms with van der Waals surface area (Å²) in [5.41, 5.74) is 0.498. The standard InChI is InChI=1S/C47H57F7N5O7PS/c1-4-18-65-44(63)27(2)56-67(64,66-26-46(49,50)51)40(48)29-10-15-38-30(19-29)20-39(68-38)41(60)55-36-13-11-33(57(3)35-21-32(22-35)47(52,53)54)23-34-12-14-37(59(34)42(36)61)43(62)58-25-31(24-45(58)16-17-45)28-8-6-5-7-9-28/h5-10,15,19-20,27,31-37,40H,4,11-14,16-18,21-26H2,1-3H3,(H,55,60)(H,56,64)/t27-,31+,32?,33-,34+,35?,36-,37-,40+,67?/m0/s1. The maximum atomic E-state index is 16.3. The highest BCUT2D eigenvalue weighted by atomic mass is 32.1. The molecule has 5 fully saturated rings. The van der Waals surface area contributed by atoms with Gasteiger partial charge in [-0.1, -0.05) is 43.3 Å². The molecule has 21 heteroatoms. The zero-order valence-corrected chi connectivity index (χ0v) is 39.7. The summed E-state index contributed by atoms with van der Waals surface area (Å²) in [7, 11) is -3.31. The number of amides is 3. The minimum absolute atomic E-state index is 0.0293. The van der Waals surface area contributed by atoms with Crippen LogP contribution >= 0.6 is 18.9 Å². The maximum absolute atomic E-state index is 16.3. The largest absolute Gasteiger partial charge is 0.465 e. The second kappa shape index (κ2) is 19.6. The van der Waals surface area contributed by atoms with E-state index in [2.05, 4.69) is 27.1 Å². The molecule has 68 heavy (non-hydrogen) atoms. The summed E-state index contributed by atoms with van der Waals surface area (Å²) in [6.45, 7) is 1.27. The molecule has 1 unspecified atom stereocenters. The van der Waals surface area contributed by atoms with Crippen LogP contribution in [0, 0.1) is 5.92 Å². The summed E-state index contributed by atoms with van der Waals surface area (Å²) >= 11 is 0.991. The van der Waals surface area contributed by atoms with Crippen molar-refractivity contribution < 1.29 is 63.7 Å². The monoisotopic (exact) mass is 999 g/mol. The number of nitrogens with one attached hydrogen (secondary N) is 2. The zero-order chi connectivity index (χ0) is 48.9. The molecule has 4 heterocycles. The van der Waals surface area contributed by atoms with Gasteiger partial charge in [-0.15, -0.1) is 11.3 Å². The summed E-state index contributed by atoms with van der Waals surface area (Å²) in [4.78, 5) is 61.9. The summed E-state index contributed by atoms with van der Waals surface area (Å²) in [5, 5.41) is 5.25. The fraction of sp³-hybridized carbons (Fsp3) is 0.617. The number of thiophene rings is 1. The van der Waals surface area contributed by atoms with Crippen LogP contribution in [0.3, 0.4) is 0 Å². The number of hydrogen-bond donors (Lipinski definition) is 2. The molecule has 8 atom stereocenters. The van der Waals surface area contributed by atoms with Crippen molar-refractivity contribution in [3.8, 4) is 0 Å². The van der Waals surface area contributed by atoms with E-state index in [4.69, 9.17) is 4.74 Å². The first-order chi connectivity index (χ1) is 32.1. The van der Waals surface area contributed by atoms with Crippen LogP contribution in [0.4, 0.5) is 30.7 Å². The second-order valence-electron chi connectivity index (χ2n) is 19.2. The maximum Gasteiger partial charge on any atom is 0.412 e. The normalized spacial score (nSPS) is 27.8. The van der Waals surface area contributed by atoms with Gasteiger partial charge in [0.2, 0.25) is 17.7 Å². The van der Waals surface area contributed by atoms with Crippen molar-refractivity contribution in [2.45, 2.75) is 150 Å². The number of carbonyl (C=O) groups is 4. The fourth-order valence-electron chi connectivity index (χ4n) is 10.6. The molecule has 2 aromatic carbocycles. The Hall–Kier alpha value is -4.10. The number of esters is 1. The Morgan fingerprint density at radius 1 is 0.971 bits per heavy atom. The molecule has 2 saturated carbocycles. The van der Waals surface area contributed by atoms with Crippen LogP contribution in [0.1, 0.15) is 117 Å². The van der Waals surface area contributed by atoms with Crippen molar-refractivity contribution in [2.75, 3.05) is 26.8 Å². The second-order valence-corrected chi connectivity index (χ2v) is 22.5. The van der Waals surface area contributed by atoms with Gasteiger partial charge in [-0.3, -0.25) is 23.7 Å². The Bertz CT molecular complexity index is 2400. The van der Waals surface area contributed by atoms with Crippen LogP contribution in [-0.4, -0.2) is 119 Å². The minimum atomic E-state index is -5.11. The molecule has 1 spiro atoms. The molecule has 1 aromatic heterocycles. The first kappa shape index (κ1) is 50.3. The Kier molecular flexibility index (Phi) is 14.5. The molecule has 3 amide bonds. The molecule has 8 rings (SSSR count). The van der Waals surface area contributed by atoms with Crippen molar-refractivity contribution in [3.05, 3.63) is 70.6 Å². The lowest BCUT2D eigenvalue weighted by atomic mass is 9.77. The van der Waals surface area contributed by atoms with Crippen molar-refractivity contribution in [3.63, 3.8) is 0 Å². The quantitative estimate of drug-likeness (QED) is 0.0867. The SMILES string of the molecule is CCCOC(=O)[C@H](C)NP(=O)(OCC(F)(F)F)[C@@H](F)c1ccc2sc(C(=O)N[C@H]3CC[C@H](N(C)C4CC(C(F)(F)F)C4)C[C@H]4CC[C@@H](C(=O)N5C[C@H](c6ccccc6)CC56CC6)N4C3=O)cc2c1. The lowest BCUT2D eigenvalue weighted by Gasteiger charge is -2.47. The van der Waals surface area contributed by atoms with E-state index in [-0.39, 0.29) is 71.1 Å². The highest BCUT2D eigenvalue weighted by molar-refractivity contribution is 7.57. The third kappa shape index (κ3) is 10.6. The van der Waals surface area contributed by atoms with Gasteiger partial charge in [0.1, 0.15) is 18.1 Å². The lowest BCUT2D eigenvalue weighted by Crippen LogP contribution is -2.60. The van der Waals surface area contributed by atoms with E-state index in [9.17, 15) is 50.1 Å². The van der Waals surface area contributed by atoms with Crippen molar-refractivity contribution in [1.82, 2.24) is 25.1 Å². The first-order valence-electron chi connectivity index (χ1n) is 23.3. The molecule has 3 aliphatic heterocycles. The van der Waals surface area contributed by atoms with E-state index in [1.807, 2.05) is 28.0 Å². The molecule has 3 saturated heterocycles. The number of alkyl halides is 7. The third-order valence-electron chi connectivity index (χ3n) is 14.6. The van der Waals surface area contributed by atoms with Gasteiger partial charge in [0.25, 0.3) is 5.91 Å². The van der Waals surface area contributed by atoms with Gasteiger partial charge in [-0.2, -0.15) is 26.3 Å². The molecule has 2 N–H and O–H groups in total. The van der Waals surface area contributed by atoms with E-state index in [1.54, 1.807) is 18.9 Å². The number of carbonyl (C=O) groups excluding carboxylic acids is 4. The van der Waals surface area contributed by atoms with E-state index < -0.39 is 80.3 Å². The predicted molar refractivity (Wildman–Crippen MR) is 239 cm³/mol. The molecular weight excluding hydrogens is 943 g/mol. The Morgan fingerprint density at radius 3 is 2.35 bits per heavy atom. The van der Waals surface area contributed by atoms with Crippen LogP contribution in [0.25, 0.3) is 10.1 Å². The summed E-state index contributed by atoms with van der Waals surface area (Å²) in [6, 6.07) is 10.8. The number of hydrogen-bond acceptors (Lipinski definition) is 9. The number of fused-ring (bicyclic) bond motifs is 2. The van der Waals surface area contributed by atoms with Gasteiger partial charge in [0.05, 0.1) is 17.4 Å². The zero-order valence-electron chi connectivity index (χ0n) is 38.0. The van der Waals surface area contributed by atoms with Crippen LogP contribution in [0.15, 0.2) is 54.6 Å². The van der Waals surface area contributed by atoms with Gasteiger partial charge < -0.3 is 29.3 Å². The minimum Gasteiger partial charge on any atom is -0.465 e. The molecule has 372 valence electrons. The van der Waals surface area contributed by atoms with Crippen LogP contribution in [-0.2, 0) is 28.2 Å². The average Bonchev–Trinajstić information content (AvgIpc) is 3.55. The van der Waals surface area contributed by atoms with E-state index >= 15 is 4.39 Å². The summed E-state index contributed by atoms with van der Waals surface area (Å²) < 4.78 is 121. The smallest absolute Gasteiger partial charge is 0.412 e. The third-order valence-corrected chi connectivity index (χ3v) is 17.9. The van der Waals surface area contributed by atoms with Gasteiger partial charge >= 0.3 is 25.8 Å². The molecule has 2 aliphatic carbocycles. The Labute approximate surface area is 394 Å². The van der Waals surface area contributed by atoms with Gasteiger partial charge in [0, 0.05) is 40.8 Å². The Morgan fingerprint density at radius 2 is 1.69 bits per heavy atom. The van der Waals surface area contributed by atoms with Gasteiger partial charge in [-0.05, 0) is 119 Å². The number of ether oxygens (including phenoxy) is 1. The predicted octanol–water partition coefficient (Wildman–Crippen LogP) is 9.40. The molecule has 3 aromatic rings. The van der Waals surface area contributed by atoms with Gasteiger partial charge in [0.15, 0.2) is 6.61 Å². The highest BCUT2D eigenvalue weighted by Gasteiger charge is 2.59. The molecule has 12 nitrogen and oxygen atoms in total. The Balaban J connectivity index is 1.03. The number of likely N-dealkylation sites (tertiary alicyclic amines) is 1. The number of rotatable bonds is 15. The van der Waals surface area contributed by atoms with Crippen molar-refractivity contribution in [1.29, 1.82) is 0 Å². The molecule has 5 aliphatic rings.